The predicted octanol–water partition coefficient (Wildman–Crippen LogP) is 5.34. The minimum atomic E-state index is -0.298. The lowest BCUT2D eigenvalue weighted by Crippen LogP contribution is -2.22. The van der Waals surface area contributed by atoms with E-state index in [2.05, 4.69) is 0 Å². The zero-order valence-electron chi connectivity index (χ0n) is 16.2. The number of halogens is 2. The number of carbonyl (C=O) groups excluding carboxylic acids is 1. The SMILES string of the molecule is CN(C)C(=O)c1cc(OCc2ccc(F)cc2)ccc1OCc1ccccc1Cl. The minimum Gasteiger partial charge on any atom is -0.489 e. The van der Waals surface area contributed by atoms with Gasteiger partial charge in [0.15, 0.2) is 0 Å². The Balaban J connectivity index is 1.78. The molecule has 3 aromatic carbocycles. The summed E-state index contributed by atoms with van der Waals surface area (Å²) < 4.78 is 24.7. The fourth-order valence-electron chi connectivity index (χ4n) is 2.65. The van der Waals surface area contributed by atoms with Crippen LogP contribution in [0.25, 0.3) is 0 Å². The molecule has 0 saturated heterocycles. The van der Waals surface area contributed by atoms with Crippen molar-refractivity contribution in [3.05, 3.63) is 94.3 Å². The molecule has 3 aromatic rings. The maximum atomic E-state index is 13.0. The molecule has 0 bridgehead atoms. The van der Waals surface area contributed by atoms with Gasteiger partial charge >= 0.3 is 0 Å². The second kappa shape index (κ2) is 9.43. The number of amides is 1. The molecule has 0 fully saturated rings. The Morgan fingerprint density at radius 2 is 1.69 bits per heavy atom. The van der Waals surface area contributed by atoms with Crippen molar-refractivity contribution in [2.75, 3.05) is 14.1 Å². The highest BCUT2D eigenvalue weighted by Gasteiger charge is 2.17. The van der Waals surface area contributed by atoms with Gasteiger partial charge in [0.05, 0.1) is 5.56 Å². The second-order valence-corrected chi connectivity index (χ2v) is 7.06. The first-order valence-electron chi connectivity index (χ1n) is 9.03. The molecule has 0 aliphatic heterocycles. The summed E-state index contributed by atoms with van der Waals surface area (Å²) in [5.41, 5.74) is 2.04. The van der Waals surface area contributed by atoms with Gasteiger partial charge in [-0.3, -0.25) is 4.79 Å². The Labute approximate surface area is 174 Å². The zero-order valence-corrected chi connectivity index (χ0v) is 16.9. The lowest BCUT2D eigenvalue weighted by atomic mass is 10.1. The van der Waals surface area contributed by atoms with Gasteiger partial charge in [0.2, 0.25) is 0 Å². The van der Waals surface area contributed by atoms with Gasteiger partial charge in [0, 0.05) is 24.7 Å². The van der Waals surface area contributed by atoms with E-state index in [1.165, 1.54) is 17.0 Å². The summed E-state index contributed by atoms with van der Waals surface area (Å²) >= 11 is 6.18. The van der Waals surface area contributed by atoms with Crippen LogP contribution in [0.4, 0.5) is 4.39 Å². The van der Waals surface area contributed by atoms with Crippen molar-refractivity contribution in [1.82, 2.24) is 4.90 Å². The third-order valence-electron chi connectivity index (χ3n) is 4.25. The summed E-state index contributed by atoms with van der Waals surface area (Å²) in [6.45, 7) is 0.499. The number of carbonyl (C=O) groups is 1. The highest BCUT2D eigenvalue weighted by molar-refractivity contribution is 6.31. The largest absolute Gasteiger partial charge is 0.489 e. The summed E-state index contributed by atoms with van der Waals surface area (Å²) in [5, 5.41) is 0.604. The topological polar surface area (TPSA) is 38.8 Å². The Kier molecular flexibility index (Phi) is 6.73. The third-order valence-corrected chi connectivity index (χ3v) is 4.62. The summed E-state index contributed by atoms with van der Waals surface area (Å²) in [6, 6.07) is 18.5. The first-order chi connectivity index (χ1) is 13.9. The Morgan fingerprint density at radius 3 is 2.38 bits per heavy atom. The number of benzene rings is 3. The number of ether oxygens (including phenoxy) is 2. The molecule has 0 heterocycles. The van der Waals surface area contributed by atoms with E-state index in [1.807, 2.05) is 18.2 Å². The van der Waals surface area contributed by atoms with Crippen LogP contribution in [-0.4, -0.2) is 24.9 Å². The van der Waals surface area contributed by atoms with Gasteiger partial charge in [0.25, 0.3) is 5.91 Å². The van der Waals surface area contributed by atoms with Crippen LogP contribution in [0.15, 0.2) is 66.7 Å². The molecule has 0 aromatic heterocycles. The van der Waals surface area contributed by atoms with Crippen molar-refractivity contribution < 1.29 is 18.7 Å². The molecule has 1 amide bonds. The lowest BCUT2D eigenvalue weighted by molar-refractivity contribution is 0.0822. The molecular weight excluding hydrogens is 393 g/mol. The second-order valence-electron chi connectivity index (χ2n) is 6.65. The van der Waals surface area contributed by atoms with Gasteiger partial charge in [0.1, 0.15) is 30.5 Å². The van der Waals surface area contributed by atoms with Crippen LogP contribution < -0.4 is 9.47 Å². The van der Waals surface area contributed by atoms with Crippen molar-refractivity contribution in [3.8, 4) is 11.5 Å². The van der Waals surface area contributed by atoms with Crippen molar-refractivity contribution in [2.45, 2.75) is 13.2 Å². The molecule has 0 radical (unpaired) electrons. The van der Waals surface area contributed by atoms with Gasteiger partial charge in [-0.15, -0.1) is 0 Å². The third kappa shape index (κ3) is 5.48. The van der Waals surface area contributed by atoms with Crippen LogP contribution in [-0.2, 0) is 13.2 Å². The van der Waals surface area contributed by atoms with Crippen molar-refractivity contribution >= 4 is 17.5 Å². The van der Waals surface area contributed by atoms with Crippen molar-refractivity contribution in [2.24, 2.45) is 0 Å². The fraction of sp³-hybridized carbons (Fsp3) is 0.174. The average molecular weight is 414 g/mol. The lowest BCUT2D eigenvalue weighted by Gasteiger charge is -2.17. The van der Waals surface area contributed by atoms with Crippen LogP contribution in [0.5, 0.6) is 11.5 Å². The molecule has 0 spiro atoms. The van der Waals surface area contributed by atoms with E-state index in [-0.39, 0.29) is 24.9 Å². The molecule has 0 atom stereocenters. The Hall–Kier alpha value is -3.05. The number of nitrogens with zero attached hydrogens (tertiary/aromatic N) is 1. The van der Waals surface area contributed by atoms with Gasteiger partial charge in [-0.05, 0) is 42.0 Å². The van der Waals surface area contributed by atoms with E-state index in [0.717, 1.165) is 11.1 Å². The van der Waals surface area contributed by atoms with Crippen LogP contribution >= 0.6 is 11.6 Å². The quantitative estimate of drug-likeness (QED) is 0.525. The van der Waals surface area contributed by atoms with Gasteiger partial charge in [-0.1, -0.05) is 41.9 Å². The molecule has 0 unspecified atom stereocenters. The Bertz CT molecular complexity index is 990. The van der Waals surface area contributed by atoms with Gasteiger partial charge in [-0.25, -0.2) is 4.39 Å². The molecule has 0 N–H and O–H groups in total. The first kappa shape index (κ1) is 20.7. The molecule has 4 nitrogen and oxygen atoms in total. The van der Waals surface area contributed by atoms with E-state index in [4.69, 9.17) is 21.1 Å². The predicted molar refractivity (Wildman–Crippen MR) is 111 cm³/mol. The smallest absolute Gasteiger partial charge is 0.257 e. The van der Waals surface area contributed by atoms with Crippen LogP contribution in [0, 0.1) is 5.82 Å². The molecule has 6 heteroatoms. The molecule has 0 aliphatic rings. The van der Waals surface area contributed by atoms with Crippen molar-refractivity contribution in [3.63, 3.8) is 0 Å². The number of hydrogen-bond acceptors (Lipinski definition) is 3. The average Bonchev–Trinajstić information content (AvgIpc) is 2.72. The molecule has 150 valence electrons. The highest BCUT2D eigenvalue weighted by atomic mass is 35.5. The van der Waals surface area contributed by atoms with E-state index >= 15 is 0 Å². The Morgan fingerprint density at radius 1 is 0.966 bits per heavy atom. The normalized spacial score (nSPS) is 10.5. The van der Waals surface area contributed by atoms with E-state index in [1.54, 1.807) is 50.5 Å². The molecule has 0 saturated carbocycles. The standard InChI is InChI=1S/C23H21ClFNO3/c1-26(2)23(27)20-13-19(28-14-16-7-9-18(25)10-8-16)11-12-22(20)29-15-17-5-3-4-6-21(17)24/h3-13H,14-15H2,1-2H3. The van der Waals surface area contributed by atoms with E-state index in [0.29, 0.717) is 22.1 Å². The maximum Gasteiger partial charge on any atom is 0.257 e. The maximum absolute atomic E-state index is 13.0. The van der Waals surface area contributed by atoms with Crippen molar-refractivity contribution in [1.29, 1.82) is 0 Å². The fourth-order valence-corrected chi connectivity index (χ4v) is 2.84. The monoisotopic (exact) mass is 413 g/mol. The first-order valence-corrected chi connectivity index (χ1v) is 9.41. The highest BCUT2D eigenvalue weighted by Crippen LogP contribution is 2.27. The molecule has 29 heavy (non-hydrogen) atoms. The summed E-state index contributed by atoms with van der Waals surface area (Å²) in [5.74, 6) is 0.460. The zero-order chi connectivity index (χ0) is 20.8. The summed E-state index contributed by atoms with van der Waals surface area (Å²) in [7, 11) is 3.35. The van der Waals surface area contributed by atoms with Crippen LogP contribution in [0.1, 0.15) is 21.5 Å². The molecular formula is C23H21ClFNO3. The summed E-state index contributed by atoms with van der Waals surface area (Å²) in [6.07, 6.45) is 0. The molecule has 0 aliphatic carbocycles. The van der Waals surface area contributed by atoms with E-state index < -0.39 is 0 Å². The van der Waals surface area contributed by atoms with Crippen LogP contribution in [0.3, 0.4) is 0 Å². The van der Waals surface area contributed by atoms with Crippen LogP contribution in [0.2, 0.25) is 5.02 Å². The van der Waals surface area contributed by atoms with Gasteiger partial charge in [-0.2, -0.15) is 0 Å². The summed E-state index contributed by atoms with van der Waals surface area (Å²) in [4.78, 5) is 14.1. The van der Waals surface area contributed by atoms with E-state index in [9.17, 15) is 9.18 Å². The van der Waals surface area contributed by atoms with Gasteiger partial charge < -0.3 is 14.4 Å². The number of rotatable bonds is 7. The minimum absolute atomic E-state index is 0.202. The molecule has 3 rings (SSSR count). The number of hydrogen-bond donors (Lipinski definition) is 0.